The molecule has 5 aromatic rings. The minimum absolute atomic E-state index is 0.135. The Bertz CT molecular complexity index is 1940. The molecule has 0 spiro atoms. The number of alkyl halides is 2. The first-order valence-corrected chi connectivity index (χ1v) is 16.0. The molecule has 6 rings (SSSR count). The van der Waals surface area contributed by atoms with Crippen LogP contribution in [-0.4, -0.2) is 61.5 Å². The number of aromatic nitrogens is 6. The van der Waals surface area contributed by atoms with Gasteiger partial charge in [0, 0.05) is 55.3 Å². The third-order valence-corrected chi connectivity index (χ3v) is 9.52. The lowest BCUT2D eigenvalue weighted by Gasteiger charge is -2.37. The second kappa shape index (κ2) is 13.4. The van der Waals surface area contributed by atoms with Gasteiger partial charge in [-0.05, 0) is 65.2 Å². The molecule has 2 unspecified atom stereocenters. The Kier molecular flexibility index (Phi) is 9.25. The lowest BCUT2D eigenvalue weighted by atomic mass is 9.83. The van der Waals surface area contributed by atoms with E-state index in [4.69, 9.17) is 0 Å². The molecule has 10 nitrogen and oxygen atoms in total. The molecule has 3 atom stereocenters. The number of tetrazole rings is 1. The van der Waals surface area contributed by atoms with Gasteiger partial charge >= 0.3 is 11.6 Å². The highest BCUT2D eigenvalue weighted by molar-refractivity contribution is 5.66. The number of hydrogen-bond donors (Lipinski definition) is 2. The SMILES string of the molecule is CCC(C)C(O)c1ccc(N2CCN(c3ccc(-c4ccc(C(F)(F)[C@@](C)(c5ccc(F)cc5F)n5nn[nH]c5=O)nc4)cc3)CC2)cn1. The number of nitrogens with zero attached hydrogens (tertiary/aromatic N) is 7. The number of H-pyrrole nitrogens is 1. The first-order chi connectivity index (χ1) is 23.4. The predicted octanol–water partition coefficient (Wildman–Crippen LogP) is 5.66. The van der Waals surface area contributed by atoms with Gasteiger partial charge in [0.15, 0.2) is 5.54 Å². The number of aliphatic hydroxyl groups excluding tert-OH is 1. The molecular formula is C35H36F4N8O2. The molecule has 2 aromatic carbocycles. The maximum absolute atomic E-state index is 16.3. The monoisotopic (exact) mass is 676 g/mol. The average Bonchev–Trinajstić information content (AvgIpc) is 3.57. The number of aliphatic hydroxyl groups is 1. The first kappa shape index (κ1) is 33.8. The van der Waals surface area contributed by atoms with Crippen LogP contribution in [0.5, 0.6) is 0 Å². The Balaban J connectivity index is 1.15. The fraction of sp³-hybridized carbons (Fsp3) is 0.343. The van der Waals surface area contributed by atoms with Gasteiger partial charge in [-0.25, -0.2) is 18.7 Å². The van der Waals surface area contributed by atoms with Crippen LogP contribution in [-0.2, 0) is 11.5 Å². The van der Waals surface area contributed by atoms with E-state index in [2.05, 4.69) is 30.2 Å². The van der Waals surface area contributed by atoms with E-state index in [-0.39, 0.29) is 5.92 Å². The lowest BCUT2D eigenvalue weighted by molar-refractivity contribution is -0.104. The largest absolute Gasteiger partial charge is 0.387 e. The highest BCUT2D eigenvalue weighted by Crippen LogP contribution is 2.47. The minimum Gasteiger partial charge on any atom is -0.387 e. The van der Waals surface area contributed by atoms with E-state index in [0.29, 0.717) is 22.0 Å². The number of anilines is 2. The Hall–Kier alpha value is -5.11. The molecule has 14 heteroatoms. The van der Waals surface area contributed by atoms with Crippen LogP contribution in [0.4, 0.5) is 28.9 Å². The summed E-state index contributed by atoms with van der Waals surface area (Å²) in [5.74, 6) is -6.10. The quantitative estimate of drug-likeness (QED) is 0.182. The van der Waals surface area contributed by atoms with Gasteiger partial charge in [0.05, 0.1) is 23.7 Å². The molecule has 0 radical (unpaired) electrons. The van der Waals surface area contributed by atoms with Crippen molar-refractivity contribution in [3.63, 3.8) is 0 Å². The van der Waals surface area contributed by atoms with Crippen molar-refractivity contribution >= 4 is 11.4 Å². The summed E-state index contributed by atoms with van der Waals surface area (Å²) in [5.41, 5.74) is -1.25. The zero-order chi connectivity index (χ0) is 34.9. The summed E-state index contributed by atoms with van der Waals surface area (Å²) in [5, 5.41) is 19.2. The summed E-state index contributed by atoms with van der Waals surface area (Å²) >= 11 is 0. The van der Waals surface area contributed by atoms with Crippen molar-refractivity contribution in [3.05, 3.63) is 118 Å². The van der Waals surface area contributed by atoms with E-state index >= 15 is 8.78 Å². The van der Waals surface area contributed by atoms with Crippen molar-refractivity contribution in [2.75, 3.05) is 36.0 Å². The Labute approximate surface area is 280 Å². The smallest absolute Gasteiger partial charge is 0.362 e. The van der Waals surface area contributed by atoms with E-state index in [9.17, 15) is 18.7 Å². The number of hydrogen-bond acceptors (Lipinski definition) is 8. The third kappa shape index (κ3) is 6.28. The van der Waals surface area contributed by atoms with Crippen molar-refractivity contribution in [1.82, 2.24) is 30.2 Å². The van der Waals surface area contributed by atoms with Gasteiger partial charge in [-0.15, -0.1) is 0 Å². The molecule has 0 amide bonds. The molecule has 1 saturated heterocycles. The summed E-state index contributed by atoms with van der Waals surface area (Å²) in [6.45, 7) is 8.12. The van der Waals surface area contributed by atoms with Crippen molar-refractivity contribution in [1.29, 1.82) is 0 Å². The molecule has 1 aliphatic heterocycles. The zero-order valence-corrected chi connectivity index (χ0v) is 27.2. The molecule has 3 aromatic heterocycles. The minimum atomic E-state index is -4.00. The molecule has 49 heavy (non-hydrogen) atoms. The summed E-state index contributed by atoms with van der Waals surface area (Å²) in [7, 11) is 0. The van der Waals surface area contributed by atoms with Crippen LogP contribution in [0.25, 0.3) is 11.1 Å². The molecule has 2 N–H and O–H groups in total. The van der Waals surface area contributed by atoms with Gasteiger partial charge in [-0.3, -0.25) is 9.97 Å². The molecule has 0 bridgehead atoms. The number of pyridine rings is 2. The van der Waals surface area contributed by atoms with Crippen LogP contribution in [0.15, 0.2) is 83.9 Å². The Morgan fingerprint density at radius 3 is 2.08 bits per heavy atom. The highest BCUT2D eigenvalue weighted by Gasteiger charge is 2.58. The molecule has 1 fully saturated rings. The van der Waals surface area contributed by atoms with Crippen LogP contribution in [0.2, 0.25) is 0 Å². The molecule has 256 valence electrons. The van der Waals surface area contributed by atoms with Crippen LogP contribution < -0.4 is 15.5 Å². The number of piperazine rings is 1. The van der Waals surface area contributed by atoms with Gasteiger partial charge in [-0.2, -0.15) is 13.5 Å². The molecule has 0 aliphatic carbocycles. The number of halogens is 4. The first-order valence-electron chi connectivity index (χ1n) is 16.0. The van der Waals surface area contributed by atoms with Gasteiger partial charge in [0.25, 0.3) is 0 Å². The van der Waals surface area contributed by atoms with Gasteiger partial charge in [0.2, 0.25) is 0 Å². The van der Waals surface area contributed by atoms with E-state index in [0.717, 1.165) is 74.7 Å². The van der Waals surface area contributed by atoms with Gasteiger partial charge in [-0.1, -0.05) is 44.5 Å². The van der Waals surface area contributed by atoms with Crippen molar-refractivity contribution < 1.29 is 22.7 Å². The van der Waals surface area contributed by atoms with Gasteiger partial charge < -0.3 is 14.9 Å². The number of aromatic amines is 1. The summed E-state index contributed by atoms with van der Waals surface area (Å²) < 4.78 is 61.7. The third-order valence-electron chi connectivity index (χ3n) is 9.52. The van der Waals surface area contributed by atoms with Gasteiger partial charge in [0.1, 0.15) is 17.3 Å². The molecule has 0 saturated carbocycles. The maximum atomic E-state index is 16.3. The number of rotatable bonds is 10. The Morgan fingerprint density at radius 2 is 1.53 bits per heavy atom. The standard InChI is InChI=1S/C35H36F4N8O2/c1-4-22(2)32(48)30-13-11-27(21-40-30)46-17-15-45(16-18-46)26-9-5-23(6-10-26)24-7-14-31(41-20-24)35(38,39)34(3,47-33(49)42-43-44-47)28-12-8-25(36)19-29(28)37/h5-14,19-22,32,48H,4,15-18H2,1-3H3,(H,42,44,49)/t22?,32?,34-/m1/s1. The van der Waals surface area contributed by atoms with E-state index in [1.807, 2.05) is 61.5 Å². The number of benzene rings is 2. The number of nitrogens with one attached hydrogen (secondary N) is 1. The fourth-order valence-corrected chi connectivity index (χ4v) is 6.15. The Morgan fingerprint density at radius 1 is 0.878 bits per heavy atom. The van der Waals surface area contributed by atoms with Crippen LogP contribution >= 0.6 is 0 Å². The second-order valence-electron chi connectivity index (χ2n) is 12.4. The topological polar surface area (TPSA) is 116 Å². The predicted molar refractivity (Wildman–Crippen MR) is 176 cm³/mol. The van der Waals surface area contributed by atoms with Crippen LogP contribution in [0.3, 0.4) is 0 Å². The normalized spacial score (nSPS) is 16.3. The van der Waals surface area contributed by atoms with Crippen molar-refractivity contribution in [2.24, 2.45) is 5.92 Å². The average molecular weight is 677 g/mol. The van der Waals surface area contributed by atoms with Crippen LogP contribution in [0.1, 0.15) is 50.2 Å². The highest BCUT2D eigenvalue weighted by atomic mass is 19.3. The van der Waals surface area contributed by atoms with E-state index in [1.54, 1.807) is 0 Å². The molecular weight excluding hydrogens is 640 g/mol. The summed E-state index contributed by atoms with van der Waals surface area (Å²) in [6, 6.07) is 16.3. The zero-order valence-electron chi connectivity index (χ0n) is 27.2. The van der Waals surface area contributed by atoms with E-state index < -0.39 is 46.1 Å². The van der Waals surface area contributed by atoms with Crippen molar-refractivity contribution in [2.45, 2.75) is 44.8 Å². The molecule has 4 heterocycles. The fourth-order valence-electron chi connectivity index (χ4n) is 6.15. The van der Waals surface area contributed by atoms with Crippen molar-refractivity contribution in [3.8, 4) is 11.1 Å². The maximum Gasteiger partial charge on any atom is 0.362 e. The van der Waals surface area contributed by atoms with Crippen LogP contribution in [0, 0.1) is 17.6 Å². The summed E-state index contributed by atoms with van der Waals surface area (Å²) in [6.07, 6.45) is 3.39. The summed E-state index contributed by atoms with van der Waals surface area (Å²) in [4.78, 5) is 25.5. The lowest BCUT2D eigenvalue weighted by Crippen LogP contribution is -2.52. The second-order valence-corrected chi connectivity index (χ2v) is 12.4. The van der Waals surface area contributed by atoms with E-state index in [1.165, 1.54) is 12.3 Å². The molecule has 1 aliphatic rings.